The van der Waals surface area contributed by atoms with Crippen molar-refractivity contribution in [3.05, 3.63) is 52.4 Å². The Balaban J connectivity index is 1.74. The summed E-state index contributed by atoms with van der Waals surface area (Å²) in [6.45, 7) is 2.39. The molecule has 146 valence electrons. The summed E-state index contributed by atoms with van der Waals surface area (Å²) in [5.74, 6) is 1.86. The van der Waals surface area contributed by atoms with Gasteiger partial charge in [-0.1, -0.05) is 23.7 Å². The van der Waals surface area contributed by atoms with Crippen LogP contribution >= 0.6 is 22.9 Å². The number of ether oxygens (including phenoxy) is 3. The minimum atomic E-state index is 0.468. The number of nitrogens with one attached hydrogen (secondary N) is 1. The van der Waals surface area contributed by atoms with Gasteiger partial charge in [-0.25, -0.2) is 4.98 Å². The second kappa shape index (κ2) is 9.43. The molecule has 0 saturated carbocycles. The molecule has 6 nitrogen and oxygen atoms in total. The predicted octanol–water partition coefficient (Wildman–Crippen LogP) is 5.33. The fourth-order valence-electron chi connectivity index (χ4n) is 2.57. The van der Waals surface area contributed by atoms with Crippen molar-refractivity contribution in [2.75, 3.05) is 26.3 Å². The summed E-state index contributed by atoms with van der Waals surface area (Å²) in [7, 11) is 3.22. The molecular formula is C20H20ClN3O3S. The molecular weight excluding hydrogens is 398 g/mol. The van der Waals surface area contributed by atoms with Gasteiger partial charge in [-0.15, -0.1) is 11.3 Å². The molecule has 2 aromatic carbocycles. The lowest BCUT2D eigenvalue weighted by Crippen LogP contribution is -1.98. The van der Waals surface area contributed by atoms with Gasteiger partial charge in [-0.05, 0) is 36.8 Å². The number of anilines is 1. The Morgan fingerprint density at radius 1 is 1.18 bits per heavy atom. The largest absolute Gasteiger partial charge is 0.496 e. The second-order valence-electron chi connectivity index (χ2n) is 5.58. The van der Waals surface area contributed by atoms with Crippen LogP contribution in [-0.2, 0) is 0 Å². The van der Waals surface area contributed by atoms with Crippen LogP contribution in [0.25, 0.3) is 11.3 Å². The molecule has 8 heteroatoms. The molecule has 0 amide bonds. The number of halogens is 1. The van der Waals surface area contributed by atoms with Gasteiger partial charge in [0.15, 0.2) is 11.5 Å². The van der Waals surface area contributed by atoms with E-state index in [1.54, 1.807) is 26.5 Å². The third-order valence-electron chi connectivity index (χ3n) is 3.80. The Morgan fingerprint density at radius 2 is 1.96 bits per heavy atom. The number of methoxy groups -OCH3 is 2. The fourth-order valence-corrected chi connectivity index (χ4v) is 3.50. The molecule has 0 aliphatic rings. The molecule has 0 aliphatic carbocycles. The zero-order chi connectivity index (χ0) is 19.9. The predicted molar refractivity (Wildman–Crippen MR) is 114 cm³/mol. The minimum absolute atomic E-state index is 0.468. The van der Waals surface area contributed by atoms with E-state index >= 15 is 0 Å². The van der Waals surface area contributed by atoms with Gasteiger partial charge in [0.1, 0.15) is 5.75 Å². The first-order valence-electron chi connectivity index (χ1n) is 8.54. The number of benzene rings is 2. The monoisotopic (exact) mass is 417 g/mol. The van der Waals surface area contributed by atoms with E-state index in [9.17, 15) is 0 Å². The van der Waals surface area contributed by atoms with Crippen LogP contribution in [0.3, 0.4) is 0 Å². The average Bonchev–Trinajstić information content (AvgIpc) is 3.18. The maximum absolute atomic E-state index is 6.28. The van der Waals surface area contributed by atoms with Crippen molar-refractivity contribution in [1.29, 1.82) is 0 Å². The van der Waals surface area contributed by atoms with E-state index in [2.05, 4.69) is 15.5 Å². The number of hydrogen-bond donors (Lipinski definition) is 1. The van der Waals surface area contributed by atoms with Gasteiger partial charge >= 0.3 is 0 Å². The molecule has 0 aliphatic heterocycles. The Morgan fingerprint density at radius 3 is 2.71 bits per heavy atom. The first-order chi connectivity index (χ1) is 13.7. The highest BCUT2D eigenvalue weighted by Crippen LogP contribution is 2.36. The van der Waals surface area contributed by atoms with Crippen molar-refractivity contribution in [1.82, 2.24) is 4.98 Å². The highest BCUT2D eigenvalue weighted by Gasteiger charge is 2.11. The smallest absolute Gasteiger partial charge is 0.203 e. The van der Waals surface area contributed by atoms with E-state index < -0.39 is 0 Å². The van der Waals surface area contributed by atoms with Crippen LogP contribution in [0.15, 0.2) is 46.9 Å². The number of hydrogen-bond acceptors (Lipinski definition) is 7. The number of para-hydroxylation sites is 1. The van der Waals surface area contributed by atoms with Gasteiger partial charge in [0, 0.05) is 10.9 Å². The molecule has 3 rings (SSSR count). The van der Waals surface area contributed by atoms with Gasteiger partial charge in [0.05, 0.1) is 37.8 Å². The van der Waals surface area contributed by atoms with Crippen molar-refractivity contribution in [3.63, 3.8) is 0 Å². The molecule has 0 spiro atoms. The van der Waals surface area contributed by atoms with Gasteiger partial charge in [-0.3, -0.25) is 5.43 Å². The van der Waals surface area contributed by atoms with Gasteiger partial charge in [0.2, 0.25) is 5.13 Å². The van der Waals surface area contributed by atoms with Crippen molar-refractivity contribution < 1.29 is 14.2 Å². The molecule has 1 heterocycles. The number of hydrazone groups is 1. The molecule has 1 aromatic heterocycles. The standard InChI is InChI=1S/C20H20ClN3O3S/c1-4-27-19-15(21)9-13(10-18(19)26-3)11-22-24-20-23-16(12-28-20)14-7-5-6-8-17(14)25-2/h5-12H,4H2,1-3H3,(H,23,24)/b22-11-. The van der Waals surface area contributed by atoms with Crippen molar-refractivity contribution >= 4 is 34.3 Å². The molecule has 0 unspecified atom stereocenters. The van der Waals surface area contributed by atoms with Crippen molar-refractivity contribution in [2.45, 2.75) is 6.92 Å². The molecule has 0 radical (unpaired) electrons. The summed E-state index contributed by atoms with van der Waals surface area (Å²) in [4.78, 5) is 4.55. The highest BCUT2D eigenvalue weighted by atomic mass is 35.5. The zero-order valence-electron chi connectivity index (χ0n) is 15.7. The fraction of sp³-hybridized carbons (Fsp3) is 0.200. The summed E-state index contributed by atoms with van der Waals surface area (Å²) in [6, 6.07) is 11.3. The van der Waals surface area contributed by atoms with E-state index in [1.165, 1.54) is 11.3 Å². The van der Waals surface area contributed by atoms with Crippen molar-refractivity contribution in [2.24, 2.45) is 5.10 Å². The molecule has 0 bridgehead atoms. The minimum Gasteiger partial charge on any atom is -0.496 e. The van der Waals surface area contributed by atoms with Crippen LogP contribution in [0.2, 0.25) is 5.02 Å². The third-order valence-corrected chi connectivity index (χ3v) is 4.83. The van der Waals surface area contributed by atoms with Crippen LogP contribution in [0.1, 0.15) is 12.5 Å². The first kappa shape index (κ1) is 20.0. The Kier molecular flexibility index (Phi) is 6.73. The van der Waals surface area contributed by atoms with Gasteiger partial charge in [-0.2, -0.15) is 5.10 Å². The van der Waals surface area contributed by atoms with E-state index in [0.717, 1.165) is 22.6 Å². The van der Waals surface area contributed by atoms with Gasteiger partial charge in [0.25, 0.3) is 0 Å². The summed E-state index contributed by atoms with van der Waals surface area (Å²) in [5, 5.41) is 7.33. The molecule has 28 heavy (non-hydrogen) atoms. The summed E-state index contributed by atoms with van der Waals surface area (Å²) >= 11 is 7.73. The van der Waals surface area contributed by atoms with Crippen LogP contribution in [0, 0.1) is 0 Å². The van der Waals surface area contributed by atoms with E-state index in [-0.39, 0.29) is 0 Å². The summed E-state index contributed by atoms with van der Waals surface area (Å²) in [5.41, 5.74) is 5.47. The van der Waals surface area contributed by atoms with E-state index in [1.807, 2.05) is 42.6 Å². The first-order valence-corrected chi connectivity index (χ1v) is 9.80. The third kappa shape index (κ3) is 4.55. The molecule has 0 atom stereocenters. The normalized spacial score (nSPS) is 10.9. The van der Waals surface area contributed by atoms with Gasteiger partial charge < -0.3 is 14.2 Å². The average molecular weight is 418 g/mol. The van der Waals surface area contributed by atoms with Crippen LogP contribution in [-0.4, -0.2) is 32.0 Å². The second-order valence-corrected chi connectivity index (χ2v) is 6.84. The Labute approximate surface area is 172 Å². The lowest BCUT2D eigenvalue weighted by atomic mass is 10.1. The number of thiazole rings is 1. The summed E-state index contributed by atoms with van der Waals surface area (Å²) < 4.78 is 16.2. The number of rotatable bonds is 8. The molecule has 1 N–H and O–H groups in total. The zero-order valence-corrected chi connectivity index (χ0v) is 17.3. The van der Waals surface area contributed by atoms with E-state index in [4.69, 9.17) is 25.8 Å². The number of aromatic nitrogens is 1. The van der Waals surface area contributed by atoms with Crippen LogP contribution in [0.4, 0.5) is 5.13 Å². The topological polar surface area (TPSA) is 65.0 Å². The SMILES string of the molecule is CCOc1c(Cl)cc(/C=N\Nc2nc(-c3ccccc3OC)cs2)cc1OC. The molecule has 0 saturated heterocycles. The lowest BCUT2D eigenvalue weighted by molar-refractivity contribution is 0.311. The van der Waals surface area contributed by atoms with E-state index in [0.29, 0.717) is 28.3 Å². The van der Waals surface area contributed by atoms with Crippen LogP contribution in [0.5, 0.6) is 17.2 Å². The lowest BCUT2D eigenvalue weighted by Gasteiger charge is -2.11. The summed E-state index contributed by atoms with van der Waals surface area (Å²) in [6.07, 6.45) is 1.65. The van der Waals surface area contributed by atoms with Crippen LogP contribution < -0.4 is 19.6 Å². The Hall–Kier alpha value is -2.77. The van der Waals surface area contributed by atoms with Crippen molar-refractivity contribution in [3.8, 4) is 28.5 Å². The highest BCUT2D eigenvalue weighted by molar-refractivity contribution is 7.14. The number of nitrogens with zero attached hydrogens (tertiary/aromatic N) is 2. The maximum Gasteiger partial charge on any atom is 0.203 e. The molecule has 0 fully saturated rings. The Bertz CT molecular complexity index is 975. The maximum atomic E-state index is 6.28. The quantitative estimate of drug-likeness (QED) is 0.396. The molecule has 3 aromatic rings.